The number of hydrogen-bond donors (Lipinski definition) is 0. The fourth-order valence-corrected chi connectivity index (χ4v) is 3.99. The summed E-state index contributed by atoms with van der Waals surface area (Å²) in [5, 5.41) is 0. The molecule has 1 fully saturated rings. The monoisotopic (exact) mass is 256 g/mol. The second-order valence-electron chi connectivity index (χ2n) is 6.40. The normalized spacial score (nSPS) is 20.5. The molecule has 1 saturated carbocycles. The van der Waals surface area contributed by atoms with Gasteiger partial charge in [0.05, 0.1) is 0 Å². The van der Waals surface area contributed by atoms with Crippen molar-refractivity contribution in [2.45, 2.75) is 64.7 Å². The molecule has 0 N–H and O–H groups in total. The summed E-state index contributed by atoms with van der Waals surface area (Å²) >= 11 is 0. The molecule has 1 aromatic carbocycles. The van der Waals surface area contributed by atoms with Crippen LogP contribution >= 0.6 is 0 Å². The van der Waals surface area contributed by atoms with Gasteiger partial charge in [-0.25, -0.2) is 0 Å². The zero-order chi connectivity index (χ0) is 13.3. The van der Waals surface area contributed by atoms with Gasteiger partial charge >= 0.3 is 0 Å². The summed E-state index contributed by atoms with van der Waals surface area (Å²) in [6.45, 7) is 2.19. The van der Waals surface area contributed by atoms with Crippen LogP contribution in [0, 0.1) is 5.41 Å². The highest BCUT2D eigenvalue weighted by Gasteiger charge is 2.38. The van der Waals surface area contributed by atoms with Gasteiger partial charge < -0.3 is 0 Å². The van der Waals surface area contributed by atoms with Gasteiger partial charge in [-0.05, 0) is 55.2 Å². The largest absolute Gasteiger partial charge is 0.299 e. The van der Waals surface area contributed by atoms with Gasteiger partial charge in [-0.1, -0.05) is 38.0 Å². The lowest BCUT2D eigenvalue weighted by Gasteiger charge is -2.25. The van der Waals surface area contributed by atoms with Crippen molar-refractivity contribution in [3.8, 4) is 0 Å². The lowest BCUT2D eigenvalue weighted by Crippen LogP contribution is -2.28. The number of Topliss-reactive ketones (excluding diaryl/α,β-unsaturated/α-hetero) is 1. The van der Waals surface area contributed by atoms with Crippen LogP contribution in [-0.4, -0.2) is 5.78 Å². The van der Waals surface area contributed by atoms with Gasteiger partial charge in [-0.3, -0.25) is 4.79 Å². The van der Waals surface area contributed by atoms with Gasteiger partial charge in [0, 0.05) is 11.8 Å². The Kier molecular flexibility index (Phi) is 3.47. The van der Waals surface area contributed by atoms with Crippen molar-refractivity contribution in [2.75, 3.05) is 0 Å². The van der Waals surface area contributed by atoms with E-state index in [1.807, 2.05) is 0 Å². The molecule has 2 aliphatic carbocycles. The van der Waals surface area contributed by atoms with Gasteiger partial charge in [0.25, 0.3) is 0 Å². The summed E-state index contributed by atoms with van der Waals surface area (Å²) in [6, 6.07) is 6.72. The Morgan fingerprint density at radius 2 is 1.84 bits per heavy atom. The number of rotatable bonds is 4. The van der Waals surface area contributed by atoms with E-state index in [2.05, 4.69) is 25.1 Å². The Balaban J connectivity index is 1.76. The molecule has 0 atom stereocenters. The summed E-state index contributed by atoms with van der Waals surface area (Å²) in [6.07, 6.45) is 10.1. The Morgan fingerprint density at radius 3 is 2.58 bits per heavy atom. The van der Waals surface area contributed by atoms with Gasteiger partial charge in [-0.15, -0.1) is 0 Å². The van der Waals surface area contributed by atoms with Crippen LogP contribution in [0.25, 0.3) is 0 Å². The van der Waals surface area contributed by atoms with Crippen LogP contribution in [0.5, 0.6) is 0 Å². The summed E-state index contributed by atoms with van der Waals surface area (Å²) < 4.78 is 0. The third-order valence-corrected chi connectivity index (χ3v) is 5.36. The van der Waals surface area contributed by atoms with Crippen molar-refractivity contribution in [1.29, 1.82) is 0 Å². The standard InChI is InChI=1S/C18H24O/c1-2-18(10-3-4-11-18)17(19)13-14-8-9-15-6-5-7-16(15)12-14/h8-9,12H,2-7,10-11,13H2,1H3. The first-order valence-corrected chi connectivity index (χ1v) is 7.87. The zero-order valence-corrected chi connectivity index (χ0v) is 12.0. The van der Waals surface area contributed by atoms with E-state index in [-0.39, 0.29) is 5.41 Å². The number of carbonyl (C=O) groups is 1. The first-order chi connectivity index (χ1) is 9.23. The summed E-state index contributed by atoms with van der Waals surface area (Å²) in [5.74, 6) is 0.491. The Labute approximate surface area is 116 Å². The van der Waals surface area contributed by atoms with E-state index >= 15 is 0 Å². The highest BCUT2D eigenvalue weighted by molar-refractivity contribution is 5.87. The summed E-state index contributed by atoms with van der Waals surface area (Å²) in [4.78, 5) is 12.7. The van der Waals surface area contributed by atoms with Crippen LogP contribution in [0.1, 0.15) is 62.1 Å². The number of fused-ring (bicyclic) bond motifs is 1. The molecule has 0 heterocycles. The van der Waals surface area contributed by atoms with E-state index in [1.165, 1.54) is 48.8 Å². The van der Waals surface area contributed by atoms with Crippen LogP contribution in [0.3, 0.4) is 0 Å². The van der Waals surface area contributed by atoms with Crippen molar-refractivity contribution >= 4 is 5.78 Å². The summed E-state index contributed by atoms with van der Waals surface area (Å²) in [7, 11) is 0. The van der Waals surface area contributed by atoms with Crippen LogP contribution in [0.2, 0.25) is 0 Å². The SMILES string of the molecule is CCC1(C(=O)Cc2ccc3c(c2)CCC3)CCCC1. The number of aryl methyl sites for hydroxylation is 2. The first-order valence-electron chi connectivity index (χ1n) is 7.87. The third-order valence-electron chi connectivity index (χ3n) is 5.36. The van der Waals surface area contributed by atoms with E-state index < -0.39 is 0 Å². The molecular weight excluding hydrogens is 232 g/mol. The molecule has 0 saturated heterocycles. The van der Waals surface area contributed by atoms with E-state index in [4.69, 9.17) is 0 Å². The number of benzene rings is 1. The average Bonchev–Trinajstić information content (AvgIpc) is 3.07. The molecule has 1 nitrogen and oxygen atoms in total. The molecule has 2 aliphatic rings. The Hall–Kier alpha value is -1.11. The maximum absolute atomic E-state index is 12.7. The van der Waals surface area contributed by atoms with E-state index in [1.54, 1.807) is 0 Å². The van der Waals surface area contributed by atoms with Crippen LogP contribution in [-0.2, 0) is 24.1 Å². The van der Waals surface area contributed by atoms with Crippen molar-refractivity contribution in [2.24, 2.45) is 5.41 Å². The lowest BCUT2D eigenvalue weighted by atomic mass is 9.77. The minimum atomic E-state index is 0.0129. The quantitative estimate of drug-likeness (QED) is 0.786. The van der Waals surface area contributed by atoms with E-state index in [0.29, 0.717) is 12.2 Å². The minimum Gasteiger partial charge on any atom is -0.299 e. The van der Waals surface area contributed by atoms with E-state index in [0.717, 1.165) is 19.3 Å². The number of ketones is 1. The number of carbonyl (C=O) groups excluding carboxylic acids is 1. The molecule has 0 spiro atoms. The highest BCUT2D eigenvalue weighted by Crippen LogP contribution is 2.42. The van der Waals surface area contributed by atoms with Gasteiger partial charge in [0.1, 0.15) is 5.78 Å². The molecule has 102 valence electrons. The molecule has 1 aromatic rings. The summed E-state index contributed by atoms with van der Waals surface area (Å²) in [5.41, 5.74) is 4.24. The average molecular weight is 256 g/mol. The third kappa shape index (κ3) is 2.35. The molecule has 0 amide bonds. The molecule has 0 unspecified atom stereocenters. The first kappa shape index (κ1) is 12.9. The number of hydrogen-bond acceptors (Lipinski definition) is 1. The van der Waals surface area contributed by atoms with Gasteiger partial charge in [-0.2, -0.15) is 0 Å². The fourth-order valence-electron chi connectivity index (χ4n) is 3.99. The predicted octanol–water partition coefficient (Wildman–Crippen LogP) is 4.26. The van der Waals surface area contributed by atoms with Crippen molar-refractivity contribution in [3.05, 3.63) is 34.9 Å². The smallest absolute Gasteiger partial charge is 0.143 e. The Bertz CT molecular complexity index is 480. The molecule has 1 heteroatoms. The lowest BCUT2D eigenvalue weighted by molar-refractivity contribution is -0.128. The predicted molar refractivity (Wildman–Crippen MR) is 78.4 cm³/mol. The molecular formula is C18H24O. The topological polar surface area (TPSA) is 17.1 Å². The van der Waals surface area contributed by atoms with Crippen molar-refractivity contribution in [1.82, 2.24) is 0 Å². The second kappa shape index (κ2) is 5.11. The van der Waals surface area contributed by atoms with Crippen LogP contribution in [0.4, 0.5) is 0 Å². The fraction of sp³-hybridized carbons (Fsp3) is 0.611. The minimum absolute atomic E-state index is 0.0129. The maximum atomic E-state index is 12.7. The molecule has 3 rings (SSSR count). The van der Waals surface area contributed by atoms with Crippen molar-refractivity contribution < 1.29 is 4.79 Å². The molecule has 0 aromatic heterocycles. The van der Waals surface area contributed by atoms with E-state index in [9.17, 15) is 4.79 Å². The maximum Gasteiger partial charge on any atom is 0.143 e. The zero-order valence-electron chi connectivity index (χ0n) is 12.0. The van der Waals surface area contributed by atoms with Gasteiger partial charge in [0.15, 0.2) is 0 Å². The second-order valence-corrected chi connectivity index (χ2v) is 6.40. The molecule has 19 heavy (non-hydrogen) atoms. The van der Waals surface area contributed by atoms with Crippen molar-refractivity contribution in [3.63, 3.8) is 0 Å². The van der Waals surface area contributed by atoms with Crippen LogP contribution in [0.15, 0.2) is 18.2 Å². The molecule has 0 radical (unpaired) electrons. The highest BCUT2D eigenvalue weighted by atomic mass is 16.1. The molecule has 0 aliphatic heterocycles. The molecule has 0 bridgehead atoms. The van der Waals surface area contributed by atoms with Crippen LogP contribution < -0.4 is 0 Å². The van der Waals surface area contributed by atoms with Gasteiger partial charge in [0.2, 0.25) is 0 Å². The Morgan fingerprint density at radius 1 is 1.11 bits per heavy atom.